The number of ether oxygens (including phenoxy) is 1. The van der Waals surface area contributed by atoms with Crippen LogP contribution in [0.5, 0.6) is 11.5 Å². The van der Waals surface area contributed by atoms with Crippen molar-refractivity contribution in [2.75, 3.05) is 0 Å². The lowest BCUT2D eigenvalue weighted by Gasteiger charge is -2.55. The number of rotatable bonds is 3. The number of fused-ring (bicyclic) bond motifs is 1. The van der Waals surface area contributed by atoms with Crippen LogP contribution in [-0.4, -0.2) is 27.7 Å². The summed E-state index contributed by atoms with van der Waals surface area (Å²) in [6.07, 6.45) is 4.88. The van der Waals surface area contributed by atoms with Crippen molar-refractivity contribution in [1.82, 2.24) is 0 Å². The summed E-state index contributed by atoms with van der Waals surface area (Å²) < 4.78 is 5.82. The maximum absolute atomic E-state index is 12.5. The first-order chi connectivity index (χ1) is 12.6. The maximum atomic E-state index is 12.5. The van der Waals surface area contributed by atoms with Crippen LogP contribution in [0, 0.1) is 5.41 Å². The molecular weight excluding hydrogens is 348 g/mol. The molecule has 6 heteroatoms. The molecule has 2 aliphatic rings. The molecule has 3 rings (SSSR count). The number of hydrogen-bond acceptors (Lipinski definition) is 6. The molecule has 0 unspecified atom stereocenters. The molecule has 0 saturated heterocycles. The summed E-state index contributed by atoms with van der Waals surface area (Å²) in [6, 6.07) is 1.23. The van der Waals surface area contributed by atoms with E-state index < -0.39 is 40.1 Å². The van der Waals surface area contributed by atoms with Crippen LogP contribution in [0.4, 0.5) is 0 Å². The monoisotopic (exact) mass is 370 g/mol. The molecule has 0 aromatic heterocycles. The molecule has 0 heterocycles. The second-order valence-corrected chi connectivity index (χ2v) is 7.68. The lowest BCUT2D eigenvalue weighted by molar-refractivity contribution is -0.203. The molecule has 0 radical (unpaired) electrons. The Labute approximate surface area is 157 Å². The first kappa shape index (κ1) is 18.9. The van der Waals surface area contributed by atoms with Gasteiger partial charge in [-0.2, -0.15) is 0 Å². The Morgan fingerprint density at radius 2 is 1.70 bits per heavy atom. The van der Waals surface area contributed by atoms with Crippen LogP contribution >= 0.6 is 0 Å². The van der Waals surface area contributed by atoms with Crippen LogP contribution in [0.3, 0.4) is 0 Å². The minimum absolute atomic E-state index is 0.142. The smallest absolute Gasteiger partial charge is 0.334 e. The minimum atomic E-state index is -1.21. The normalized spacial score (nSPS) is 23.6. The number of allylic oxidation sites excluding steroid dienone is 3. The predicted molar refractivity (Wildman–Crippen MR) is 97.8 cm³/mol. The third-order valence-electron chi connectivity index (χ3n) is 5.81. The highest BCUT2D eigenvalue weighted by molar-refractivity contribution is 6.24. The van der Waals surface area contributed by atoms with Crippen LogP contribution in [0.15, 0.2) is 29.9 Å². The summed E-state index contributed by atoms with van der Waals surface area (Å²) in [5, 5.41) is 21.3. The Balaban J connectivity index is 2.23. The second kappa shape index (κ2) is 6.08. The lowest BCUT2D eigenvalue weighted by Crippen LogP contribution is -2.54. The molecule has 27 heavy (non-hydrogen) atoms. The molecular formula is C21H22O6. The molecule has 2 aliphatic carbocycles. The van der Waals surface area contributed by atoms with Gasteiger partial charge in [-0.3, -0.25) is 9.59 Å². The highest BCUT2D eigenvalue weighted by Crippen LogP contribution is 2.61. The maximum Gasteiger partial charge on any atom is 0.334 e. The number of carbonyl (C=O) groups excluding carboxylic acids is 3. The van der Waals surface area contributed by atoms with E-state index >= 15 is 0 Å². The molecule has 0 aliphatic heterocycles. The van der Waals surface area contributed by atoms with Crippen molar-refractivity contribution >= 4 is 17.5 Å². The van der Waals surface area contributed by atoms with Gasteiger partial charge < -0.3 is 14.9 Å². The zero-order chi connectivity index (χ0) is 20.1. The molecule has 0 amide bonds. The first-order valence-corrected chi connectivity index (χ1v) is 8.78. The molecule has 1 atom stereocenters. The van der Waals surface area contributed by atoms with E-state index in [4.69, 9.17) is 4.74 Å². The van der Waals surface area contributed by atoms with E-state index in [1.54, 1.807) is 19.9 Å². The summed E-state index contributed by atoms with van der Waals surface area (Å²) in [7, 11) is 0. The fourth-order valence-corrected chi connectivity index (χ4v) is 3.73. The van der Waals surface area contributed by atoms with E-state index in [9.17, 15) is 24.6 Å². The fourth-order valence-electron chi connectivity index (χ4n) is 3.73. The van der Waals surface area contributed by atoms with Gasteiger partial charge in [0.1, 0.15) is 17.1 Å². The highest BCUT2D eigenvalue weighted by atomic mass is 16.6. The fraction of sp³-hybridized carbons (Fsp3) is 0.381. The van der Waals surface area contributed by atoms with Crippen molar-refractivity contribution in [1.29, 1.82) is 0 Å². The quantitative estimate of drug-likeness (QED) is 0.479. The Morgan fingerprint density at radius 3 is 2.19 bits per heavy atom. The zero-order valence-electron chi connectivity index (χ0n) is 15.8. The molecule has 1 fully saturated rings. The van der Waals surface area contributed by atoms with E-state index in [1.807, 2.05) is 13.8 Å². The molecule has 1 aromatic carbocycles. The van der Waals surface area contributed by atoms with Gasteiger partial charge in [-0.1, -0.05) is 19.9 Å². The summed E-state index contributed by atoms with van der Waals surface area (Å²) in [5.74, 6) is -2.52. The van der Waals surface area contributed by atoms with Crippen molar-refractivity contribution < 1.29 is 29.3 Å². The van der Waals surface area contributed by atoms with Gasteiger partial charge in [0.15, 0.2) is 11.6 Å². The van der Waals surface area contributed by atoms with Crippen molar-refractivity contribution in [3.05, 3.63) is 46.6 Å². The van der Waals surface area contributed by atoms with Crippen molar-refractivity contribution in [3.8, 4) is 11.5 Å². The molecule has 1 saturated carbocycles. The Hall–Kier alpha value is -2.89. The van der Waals surface area contributed by atoms with Crippen LogP contribution in [-0.2, 0) is 15.1 Å². The van der Waals surface area contributed by atoms with Crippen molar-refractivity contribution in [2.45, 2.75) is 46.1 Å². The summed E-state index contributed by atoms with van der Waals surface area (Å²) in [5.41, 5.74) is -1.68. The van der Waals surface area contributed by atoms with E-state index in [2.05, 4.69) is 0 Å². The molecule has 142 valence electrons. The van der Waals surface area contributed by atoms with E-state index in [-0.39, 0.29) is 16.7 Å². The average Bonchev–Trinajstić information content (AvgIpc) is 2.62. The topological polar surface area (TPSA) is 101 Å². The van der Waals surface area contributed by atoms with Crippen molar-refractivity contribution in [3.63, 3.8) is 0 Å². The number of esters is 1. The van der Waals surface area contributed by atoms with Gasteiger partial charge in [0, 0.05) is 16.6 Å². The van der Waals surface area contributed by atoms with E-state index in [1.165, 1.54) is 6.07 Å². The van der Waals surface area contributed by atoms with Gasteiger partial charge in [0.05, 0.1) is 11.1 Å². The number of phenolic OH excluding ortho intramolecular Hbond substituents is 2. The Kier molecular flexibility index (Phi) is 4.25. The lowest BCUT2D eigenvalue weighted by atomic mass is 9.55. The number of aromatic hydroxyl groups is 2. The van der Waals surface area contributed by atoms with Crippen LogP contribution in [0.25, 0.3) is 0 Å². The third-order valence-corrected chi connectivity index (χ3v) is 5.81. The number of benzene rings is 1. The first-order valence-electron chi connectivity index (χ1n) is 8.78. The van der Waals surface area contributed by atoms with Gasteiger partial charge in [0.2, 0.25) is 0 Å². The number of hydrogen-bond donors (Lipinski definition) is 2. The third kappa shape index (κ3) is 2.59. The van der Waals surface area contributed by atoms with Gasteiger partial charge in [0.25, 0.3) is 0 Å². The van der Waals surface area contributed by atoms with Crippen LogP contribution < -0.4 is 0 Å². The van der Waals surface area contributed by atoms with Gasteiger partial charge >= 0.3 is 5.97 Å². The minimum Gasteiger partial charge on any atom is -0.507 e. The van der Waals surface area contributed by atoms with Gasteiger partial charge in [-0.15, -0.1) is 0 Å². The van der Waals surface area contributed by atoms with Crippen LogP contribution in [0.2, 0.25) is 0 Å². The standard InChI is InChI=1S/C21H22O6/c1-5-11(2)19(26)27-21(9-8-20(21,3)4)12-10-15(24)16-13(22)6-7-14(23)17(16)18(12)25/h5-7,10,24-25H,8-9H2,1-4H3/t21-/m0/s1. The largest absolute Gasteiger partial charge is 0.507 e. The van der Waals surface area contributed by atoms with Gasteiger partial charge in [-0.05, 0) is 44.9 Å². The highest BCUT2D eigenvalue weighted by Gasteiger charge is 2.59. The van der Waals surface area contributed by atoms with E-state index in [0.29, 0.717) is 12.0 Å². The molecule has 0 spiro atoms. The summed E-state index contributed by atoms with van der Waals surface area (Å²) >= 11 is 0. The van der Waals surface area contributed by atoms with Crippen LogP contribution in [0.1, 0.15) is 66.8 Å². The molecule has 1 aromatic rings. The summed E-state index contributed by atoms with van der Waals surface area (Å²) in [4.78, 5) is 36.9. The number of carbonyl (C=O) groups is 3. The molecule has 6 nitrogen and oxygen atoms in total. The molecule has 0 bridgehead atoms. The zero-order valence-corrected chi connectivity index (χ0v) is 15.8. The predicted octanol–water partition coefficient (Wildman–Crippen LogP) is 3.56. The molecule has 2 N–H and O–H groups in total. The second-order valence-electron chi connectivity index (χ2n) is 7.68. The van der Waals surface area contributed by atoms with E-state index in [0.717, 1.165) is 18.6 Å². The number of ketones is 2. The summed E-state index contributed by atoms with van der Waals surface area (Å²) in [6.45, 7) is 7.11. The average molecular weight is 370 g/mol. The Bertz CT molecular complexity index is 934. The SMILES string of the molecule is CC=C(C)C(=O)O[C@]1(c2cc(O)c3c(c2O)C(=O)C=CC3=O)CCC1(C)C. The Morgan fingerprint density at radius 1 is 1.11 bits per heavy atom. The van der Waals surface area contributed by atoms with Gasteiger partial charge in [-0.25, -0.2) is 4.79 Å². The number of phenols is 2. The van der Waals surface area contributed by atoms with Crippen molar-refractivity contribution in [2.24, 2.45) is 5.41 Å².